The van der Waals surface area contributed by atoms with Gasteiger partial charge in [-0.15, -0.1) is 0 Å². The van der Waals surface area contributed by atoms with Gasteiger partial charge in [0, 0.05) is 16.8 Å². The Morgan fingerprint density at radius 2 is 1.96 bits per heavy atom. The van der Waals surface area contributed by atoms with Crippen LogP contribution in [0.15, 0.2) is 57.9 Å². The summed E-state index contributed by atoms with van der Waals surface area (Å²) in [4.78, 5) is 12.4. The summed E-state index contributed by atoms with van der Waals surface area (Å²) in [6.45, 7) is 0.628. The number of carbonyl (C=O) groups is 1. The number of amides is 1. The van der Waals surface area contributed by atoms with Crippen LogP contribution < -0.4 is 5.32 Å². The van der Waals surface area contributed by atoms with Crippen molar-refractivity contribution in [3.8, 4) is 0 Å². The first-order chi connectivity index (χ1) is 12.4. The predicted octanol–water partition coefficient (Wildman–Crippen LogP) is 3.58. The highest BCUT2D eigenvalue weighted by Crippen LogP contribution is 2.21. The van der Waals surface area contributed by atoms with E-state index < -0.39 is 9.84 Å². The summed E-state index contributed by atoms with van der Waals surface area (Å²) in [6, 6.07) is 13.8. The van der Waals surface area contributed by atoms with Crippen LogP contribution >= 0.6 is 15.9 Å². The molecule has 2 aromatic rings. The zero-order valence-corrected chi connectivity index (χ0v) is 16.6. The minimum absolute atomic E-state index is 0.00158. The molecular formula is C19H20BrNO4S. The third-order valence-corrected chi connectivity index (χ3v) is 6.47. The minimum atomic E-state index is -3.39. The highest BCUT2D eigenvalue weighted by Gasteiger charge is 2.24. The van der Waals surface area contributed by atoms with Gasteiger partial charge in [0.15, 0.2) is 9.84 Å². The van der Waals surface area contributed by atoms with E-state index in [-0.39, 0.29) is 29.1 Å². The number of benzene rings is 2. The molecule has 1 amide bonds. The van der Waals surface area contributed by atoms with Gasteiger partial charge in [0.25, 0.3) is 0 Å². The van der Waals surface area contributed by atoms with Gasteiger partial charge in [0.05, 0.1) is 23.2 Å². The second kappa shape index (κ2) is 8.33. The van der Waals surface area contributed by atoms with E-state index in [0.29, 0.717) is 12.3 Å². The van der Waals surface area contributed by atoms with Crippen molar-refractivity contribution in [2.24, 2.45) is 0 Å². The second-order valence-electron chi connectivity index (χ2n) is 6.30. The number of rotatable bonds is 6. The second-order valence-corrected chi connectivity index (χ2v) is 9.25. The molecule has 7 heteroatoms. The van der Waals surface area contributed by atoms with Crippen LogP contribution in [0.25, 0.3) is 0 Å². The Morgan fingerprint density at radius 3 is 2.62 bits per heavy atom. The Labute approximate surface area is 161 Å². The van der Waals surface area contributed by atoms with Crippen molar-refractivity contribution >= 4 is 37.4 Å². The van der Waals surface area contributed by atoms with Gasteiger partial charge in [-0.1, -0.05) is 28.1 Å². The van der Waals surface area contributed by atoms with Gasteiger partial charge in [-0.3, -0.25) is 4.79 Å². The van der Waals surface area contributed by atoms with Crippen LogP contribution in [0.5, 0.6) is 0 Å². The molecule has 1 aliphatic rings. The molecule has 0 radical (unpaired) electrons. The molecule has 0 aliphatic carbocycles. The van der Waals surface area contributed by atoms with Gasteiger partial charge in [-0.2, -0.15) is 0 Å². The summed E-state index contributed by atoms with van der Waals surface area (Å²) in [5, 5.41) is 2.79. The first-order valence-corrected chi connectivity index (χ1v) is 10.9. The van der Waals surface area contributed by atoms with E-state index in [1.165, 1.54) is 12.1 Å². The maximum absolute atomic E-state index is 12.4. The molecule has 1 atom stereocenters. The normalized spacial score (nSPS) is 17.2. The minimum Gasteiger partial charge on any atom is -0.377 e. The first kappa shape index (κ1) is 19.1. The third-order valence-electron chi connectivity index (χ3n) is 4.18. The molecule has 0 spiro atoms. The Hall–Kier alpha value is -1.70. The average Bonchev–Trinajstić information content (AvgIpc) is 3.07. The molecule has 5 nitrogen and oxygen atoms in total. The maximum atomic E-state index is 12.4. The van der Waals surface area contributed by atoms with Crippen molar-refractivity contribution in [1.29, 1.82) is 0 Å². The van der Waals surface area contributed by atoms with Gasteiger partial charge in [0.2, 0.25) is 5.91 Å². The number of halogens is 1. The summed E-state index contributed by atoms with van der Waals surface area (Å²) < 4.78 is 31.2. The van der Waals surface area contributed by atoms with Crippen LogP contribution in [0.2, 0.25) is 0 Å². The Balaban J connectivity index is 1.61. The predicted molar refractivity (Wildman–Crippen MR) is 104 cm³/mol. The molecule has 0 bridgehead atoms. The number of carbonyl (C=O) groups excluding carboxylic acids is 1. The highest BCUT2D eigenvalue weighted by molar-refractivity contribution is 9.10. The molecule has 26 heavy (non-hydrogen) atoms. The lowest BCUT2D eigenvalue weighted by atomic mass is 10.1. The highest BCUT2D eigenvalue weighted by atomic mass is 79.9. The summed E-state index contributed by atoms with van der Waals surface area (Å²) in [5.74, 6) is -0.153. The van der Waals surface area contributed by atoms with Crippen LogP contribution in [-0.4, -0.2) is 32.8 Å². The summed E-state index contributed by atoms with van der Waals surface area (Å²) in [5.41, 5.74) is 1.47. The Morgan fingerprint density at radius 1 is 1.19 bits per heavy atom. The van der Waals surface area contributed by atoms with E-state index in [4.69, 9.17) is 4.74 Å². The van der Waals surface area contributed by atoms with E-state index in [0.717, 1.165) is 22.9 Å². The Bertz CT molecular complexity index is 875. The Kier molecular flexibility index (Phi) is 6.11. The molecule has 0 saturated carbocycles. The molecule has 1 heterocycles. The number of ether oxygens (including phenoxy) is 1. The van der Waals surface area contributed by atoms with Crippen molar-refractivity contribution in [1.82, 2.24) is 0 Å². The monoisotopic (exact) mass is 437 g/mol. The standard InChI is InChI=1S/C19H20BrNO4S/c20-15-4-1-3-14(11-15)12-19(22)21-16-6-8-18(9-7-16)26(23,24)13-17-5-2-10-25-17/h1,3-4,6-9,11,17H,2,5,10,12-13H2,(H,21,22). The fourth-order valence-electron chi connectivity index (χ4n) is 2.90. The lowest BCUT2D eigenvalue weighted by Gasteiger charge is -2.11. The van der Waals surface area contributed by atoms with Gasteiger partial charge < -0.3 is 10.1 Å². The van der Waals surface area contributed by atoms with Crippen molar-refractivity contribution in [3.63, 3.8) is 0 Å². The fraction of sp³-hybridized carbons (Fsp3) is 0.316. The van der Waals surface area contributed by atoms with Crippen LogP contribution in [0.3, 0.4) is 0 Å². The van der Waals surface area contributed by atoms with Gasteiger partial charge in [-0.05, 0) is 54.8 Å². The van der Waals surface area contributed by atoms with Gasteiger partial charge >= 0.3 is 0 Å². The molecule has 2 aromatic carbocycles. The summed E-state index contributed by atoms with van der Waals surface area (Å²) >= 11 is 3.38. The molecule has 0 aromatic heterocycles. The molecule has 138 valence electrons. The smallest absolute Gasteiger partial charge is 0.228 e. The fourth-order valence-corrected chi connectivity index (χ4v) is 4.84. The molecule has 3 rings (SSSR count). The molecule has 1 saturated heterocycles. The quantitative estimate of drug-likeness (QED) is 0.749. The van der Waals surface area contributed by atoms with Crippen LogP contribution in [0.1, 0.15) is 18.4 Å². The third kappa shape index (κ3) is 5.16. The average molecular weight is 438 g/mol. The number of anilines is 1. The van der Waals surface area contributed by atoms with Gasteiger partial charge in [-0.25, -0.2) is 8.42 Å². The lowest BCUT2D eigenvalue weighted by molar-refractivity contribution is -0.115. The van der Waals surface area contributed by atoms with E-state index in [9.17, 15) is 13.2 Å². The van der Waals surface area contributed by atoms with Crippen molar-refractivity contribution in [2.75, 3.05) is 17.7 Å². The van der Waals surface area contributed by atoms with E-state index >= 15 is 0 Å². The van der Waals surface area contributed by atoms with E-state index in [2.05, 4.69) is 21.2 Å². The zero-order valence-electron chi connectivity index (χ0n) is 14.2. The van der Waals surface area contributed by atoms with Crippen molar-refractivity contribution in [3.05, 3.63) is 58.6 Å². The molecule has 1 aliphatic heterocycles. The van der Waals surface area contributed by atoms with Crippen molar-refractivity contribution < 1.29 is 17.9 Å². The largest absolute Gasteiger partial charge is 0.377 e. The SMILES string of the molecule is O=C(Cc1cccc(Br)c1)Nc1ccc(S(=O)(=O)CC2CCCO2)cc1. The van der Waals surface area contributed by atoms with Crippen LogP contribution in [0.4, 0.5) is 5.69 Å². The maximum Gasteiger partial charge on any atom is 0.228 e. The first-order valence-electron chi connectivity index (χ1n) is 8.41. The van der Waals surface area contributed by atoms with Crippen LogP contribution in [0, 0.1) is 0 Å². The molecular weight excluding hydrogens is 418 g/mol. The number of sulfone groups is 1. The number of nitrogens with one attached hydrogen (secondary N) is 1. The van der Waals surface area contributed by atoms with Crippen LogP contribution in [-0.2, 0) is 25.8 Å². The van der Waals surface area contributed by atoms with E-state index in [1.54, 1.807) is 12.1 Å². The summed E-state index contributed by atoms with van der Waals surface area (Å²) in [6.07, 6.45) is 1.72. The summed E-state index contributed by atoms with van der Waals surface area (Å²) in [7, 11) is -3.39. The zero-order chi connectivity index (χ0) is 18.6. The number of hydrogen-bond acceptors (Lipinski definition) is 4. The van der Waals surface area contributed by atoms with Gasteiger partial charge in [0.1, 0.15) is 0 Å². The molecule has 1 N–H and O–H groups in total. The van der Waals surface area contributed by atoms with E-state index in [1.807, 2.05) is 24.3 Å². The molecule has 1 fully saturated rings. The molecule has 1 unspecified atom stereocenters. The topological polar surface area (TPSA) is 72.5 Å². The lowest BCUT2D eigenvalue weighted by Crippen LogP contribution is -2.20. The van der Waals surface area contributed by atoms with Crippen molar-refractivity contribution in [2.45, 2.75) is 30.3 Å². The number of hydrogen-bond donors (Lipinski definition) is 1.